The van der Waals surface area contributed by atoms with Gasteiger partial charge in [-0.2, -0.15) is 5.10 Å². The second-order valence-electron chi connectivity index (χ2n) is 6.09. The van der Waals surface area contributed by atoms with Gasteiger partial charge in [-0.05, 0) is 74.2 Å². The van der Waals surface area contributed by atoms with E-state index < -0.39 is 0 Å². The summed E-state index contributed by atoms with van der Waals surface area (Å²) >= 11 is 0. The highest BCUT2D eigenvalue weighted by Crippen LogP contribution is 2.27. The highest BCUT2D eigenvalue weighted by molar-refractivity contribution is 5.99. The fourth-order valence-electron chi connectivity index (χ4n) is 2.84. The van der Waals surface area contributed by atoms with Crippen molar-refractivity contribution in [3.05, 3.63) is 52.6 Å². The van der Waals surface area contributed by atoms with Crippen molar-refractivity contribution in [2.24, 2.45) is 5.10 Å². The van der Waals surface area contributed by atoms with Crippen molar-refractivity contribution < 1.29 is 14.2 Å². The molecule has 0 spiro atoms. The number of aryl methyl sites for hydroxylation is 2. The molecule has 2 aromatic carbocycles. The van der Waals surface area contributed by atoms with Crippen LogP contribution in [0.3, 0.4) is 0 Å². The minimum Gasteiger partial charge on any atom is -0.493 e. The Labute approximate surface area is 156 Å². The van der Waals surface area contributed by atoms with Crippen LogP contribution in [0.4, 0.5) is 0 Å². The van der Waals surface area contributed by atoms with Crippen molar-refractivity contribution in [3.8, 4) is 17.2 Å². The van der Waals surface area contributed by atoms with E-state index in [2.05, 4.69) is 36.5 Å². The molecular weight excluding hydrogens is 328 g/mol. The Morgan fingerprint density at radius 2 is 1.65 bits per heavy atom. The van der Waals surface area contributed by atoms with Gasteiger partial charge in [0.2, 0.25) is 0 Å². The van der Waals surface area contributed by atoms with Gasteiger partial charge in [-0.15, -0.1) is 0 Å². The number of nitrogens with zero attached hydrogens (tertiary/aromatic N) is 1. The Bertz CT molecular complexity index is 762. The third-order valence-corrected chi connectivity index (χ3v) is 4.14. The number of methoxy groups -OCH3 is 2. The summed E-state index contributed by atoms with van der Waals surface area (Å²) in [6, 6.07) is 10.0. The number of hydrogen-bond donors (Lipinski definition) is 1. The predicted molar refractivity (Wildman–Crippen MR) is 106 cm³/mol. The summed E-state index contributed by atoms with van der Waals surface area (Å²) in [5, 5.41) is 4.50. The van der Waals surface area contributed by atoms with Gasteiger partial charge in [0.05, 0.1) is 33.1 Å². The highest BCUT2D eigenvalue weighted by Gasteiger charge is 2.08. The van der Waals surface area contributed by atoms with Crippen molar-refractivity contribution in [1.82, 2.24) is 5.43 Å². The number of rotatable bonds is 8. The zero-order valence-corrected chi connectivity index (χ0v) is 16.5. The van der Waals surface area contributed by atoms with Gasteiger partial charge in [0.25, 0.3) is 0 Å². The molecule has 0 bridgehead atoms. The van der Waals surface area contributed by atoms with Gasteiger partial charge >= 0.3 is 0 Å². The Hall–Kier alpha value is -2.69. The molecule has 0 aromatic heterocycles. The Balaban J connectivity index is 2.09. The van der Waals surface area contributed by atoms with E-state index in [1.165, 1.54) is 0 Å². The monoisotopic (exact) mass is 356 g/mol. The average Bonchev–Trinajstić information content (AvgIpc) is 2.64. The predicted octanol–water partition coefficient (Wildman–Crippen LogP) is 4.23. The summed E-state index contributed by atoms with van der Waals surface area (Å²) in [4.78, 5) is 0. The van der Waals surface area contributed by atoms with Gasteiger partial charge in [0.1, 0.15) is 5.75 Å². The first kappa shape index (κ1) is 19.6. The standard InChI is InChI=1S/C21H28N2O3/c1-7-26-21-14(2)10-18(11-15(21)3)16(4)23-22-13-17-8-9-19(24-5)20(12-17)25-6/h8-12,22H,7,13H2,1-6H3/b23-16-. The average molecular weight is 356 g/mol. The van der Waals surface area contributed by atoms with Crippen LogP contribution in [0.25, 0.3) is 0 Å². The van der Waals surface area contributed by atoms with E-state index in [0.29, 0.717) is 18.9 Å². The van der Waals surface area contributed by atoms with Gasteiger partial charge in [-0.3, -0.25) is 0 Å². The molecular formula is C21H28N2O3. The Morgan fingerprint density at radius 3 is 2.23 bits per heavy atom. The largest absolute Gasteiger partial charge is 0.493 e. The Kier molecular flexibility index (Phi) is 6.89. The molecule has 26 heavy (non-hydrogen) atoms. The van der Waals surface area contributed by atoms with E-state index in [9.17, 15) is 0 Å². The number of hydrogen-bond acceptors (Lipinski definition) is 5. The van der Waals surface area contributed by atoms with E-state index in [4.69, 9.17) is 14.2 Å². The van der Waals surface area contributed by atoms with Crippen LogP contribution in [0.1, 0.15) is 36.1 Å². The highest BCUT2D eigenvalue weighted by atomic mass is 16.5. The van der Waals surface area contributed by atoms with Crippen LogP contribution in [0.2, 0.25) is 0 Å². The van der Waals surface area contributed by atoms with Crippen molar-refractivity contribution in [3.63, 3.8) is 0 Å². The zero-order valence-electron chi connectivity index (χ0n) is 16.5. The summed E-state index contributed by atoms with van der Waals surface area (Å²) < 4.78 is 16.3. The molecule has 0 heterocycles. The van der Waals surface area contributed by atoms with Crippen LogP contribution >= 0.6 is 0 Å². The molecule has 0 radical (unpaired) electrons. The summed E-state index contributed by atoms with van der Waals surface area (Å²) in [5.41, 5.74) is 8.46. The third-order valence-electron chi connectivity index (χ3n) is 4.14. The van der Waals surface area contributed by atoms with Crippen LogP contribution < -0.4 is 19.6 Å². The Morgan fingerprint density at radius 1 is 1.00 bits per heavy atom. The maximum Gasteiger partial charge on any atom is 0.161 e. The molecule has 0 atom stereocenters. The van der Waals surface area contributed by atoms with Gasteiger partial charge in [-0.25, -0.2) is 0 Å². The lowest BCUT2D eigenvalue weighted by atomic mass is 10.0. The first-order valence-corrected chi connectivity index (χ1v) is 8.72. The molecule has 0 saturated heterocycles. The summed E-state index contributed by atoms with van der Waals surface area (Å²) in [5.74, 6) is 2.39. The minimum absolute atomic E-state index is 0.604. The summed E-state index contributed by atoms with van der Waals surface area (Å²) in [6.45, 7) is 9.39. The molecule has 0 unspecified atom stereocenters. The molecule has 0 aliphatic rings. The molecule has 2 aromatic rings. The molecule has 5 nitrogen and oxygen atoms in total. The lowest BCUT2D eigenvalue weighted by molar-refractivity contribution is 0.335. The SMILES string of the molecule is CCOc1c(C)cc(/C(C)=N\NCc2ccc(OC)c(OC)c2)cc1C. The van der Waals surface area contributed by atoms with Gasteiger partial charge in [0, 0.05) is 0 Å². The molecule has 0 aliphatic carbocycles. The molecule has 0 fully saturated rings. The molecule has 0 aliphatic heterocycles. The van der Waals surface area contributed by atoms with E-state index in [1.54, 1.807) is 14.2 Å². The molecule has 0 amide bonds. The molecule has 0 saturated carbocycles. The first-order chi connectivity index (χ1) is 12.5. The van der Waals surface area contributed by atoms with E-state index in [-0.39, 0.29) is 0 Å². The second-order valence-corrected chi connectivity index (χ2v) is 6.09. The number of benzene rings is 2. The normalized spacial score (nSPS) is 11.2. The third kappa shape index (κ3) is 4.69. The minimum atomic E-state index is 0.604. The topological polar surface area (TPSA) is 52.1 Å². The van der Waals surface area contributed by atoms with Gasteiger partial charge in [-0.1, -0.05) is 6.07 Å². The fraction of sp³-hybridized carbons (Fsp3) is 0.381. The maximum atomic E-state index is 5.70. The van der Waals surface area contributed by atoms with E-state index in [1.807, 2.05) is 32.0 Å². The van der Waals surface area contributed by atoms with E-state index in [0.717, 1.165) is 39.5 Å². The van der Waals surface area contributed by atoms with Crippen LogP contribution in [-0.2, 0) is 6.54 Å². The van der Waals surface area contributed by atoms with Crippen LogP contribution in [0.15, 0.2) is 35.4 Å². The molecule has 140 valence electrons. The summed E-state index contributed by atoms with van der Waals surface area (Å²) in [7, 11) is 3.26. The van der Waals surface area contributed by atoms with Crippen molar-refractivity contribution in [1.29, 1.82) is 0 Å². The molecule has 5 heteroatoms. The number of hydrazone groups is 1. The smallest absolute Gasteiger partial charge is 0.161 e. The van der Waals surface area contributed by atoms with Crippen LogP contribution in [0.5, 0.6) is 17.2 Å². The zero-order chi connectivity index (χ0) is 19.1. The fourth-order valence-corrected chi connectivity index (χ4v) is 2.84. The maximum absolute atomic E-state index is 5.70. The van der Waals surface area contributed by atoms with Gasteiger partial charge < -0.3 is 19.6 Å². The first-order valence-electron chi connectivity index (χ1n) is 8.72. The number of ether oxygens (including phenoxy) is 3. The van der Waals surface area contributed by atoms with Crippen molar-refractivity contribution in [2.45, 2.75) is 34.2 Å². The molecule has 2 rings (SSSR count). The molecule has 1 N–H and O–H groups in total. The second kappa shape index (κ2) is 9.13. The lowest BCUT2D eigenvalue weighted by Crippen LogP contribution is -2.10. The summed E-state index contributed by atoms with van der Waals surface area (Å²) in [6.07, 6.45) is 0. The lowest BCUT2D eigenvalue weighted by Gasteiger charge is -2.13. The number of nitrogens with one attached hydrogen (secondary N) is 1. The van der Waals surface area contributed by atoms with Crippen molar-refractivity contribution in [2.75, 3.05) is 20.8 Å². The quantitative estimate of drug-likeness (QED) is 0.568. The van der Waals surface area contributed by atoms with Crippen molar-refractivity contribution >= 4 is 5.71 Å². The van der Waals surface area contributed by atoms with Crippen LogP contribution in [0, 0.1) is 13.8 Å². The van der Waals surface area contributed by atoms with E-state index >= 15 is 0 Å². The van der Waals surface area contributed by atoms with Crippen LogP contribution in [-0.4, -0.2) is 26.5 Å². The van der Waals surface area contributed by atoms with Gasteiger partial charge in [0.15, 0.2) is 11.5 Å².